The van der Waals surface area contributed by atoms with Crippen LogP contribution in [0.3, 0.4) is 0 Å². The highest BCUT2D eigenvalue weighted by atomic mass is 16.5. The van der Waals surface area contributed by atoms with Crippen LogP contribution < -0.4 is 15.4 Å². The van der Waals surface area contributed by atoms with Gasteiger partial charge in [0.2, 0.25) is 5.82 Å². The number of aromatic nitrogens is 2. The van der Waals surface area contributed by atoms with Gasteiger partial charge < -0.3 is 19.9 Å². The molecule has 8 heteroatoms. The van der Waals surface area contributed by atoms with Crippen LogP contribution in [-0.2, 0) is 5.41 Å². The Morgan fingerprint density at radius 2 is 1.56 bits per heavy atom. The predicted octanol–water partition coefficient (Wildman–Crippen LogP) is 3.59. The molecule has 0 bridgehead atoms. The van der Waals surface area contributed by atoms with Gasteiger partial charge in [-0.1, -0.05) is 50.2 Å². The van der Waals surface area contributed by atoms with E-state index < -0.39 is 5.91 Å². The van der Waals surface area contributed by atoms with Crippen LogP contribution in [0.5, 0.6) is 5.75 Å². The van der Waals surface area contributed by atoms with Crippen LogP contribution in [0.4, 0.5) is 0 Å². The van der Waals surface area contributed by atoms with Crippen molar-refractivity contribution in [2.45, 2.75) is 33.1 Å². The Balaban J connectivity index is 1.47. The average molecular weight is 437 g/mol. The van der Waals surface area contributed by atoms with Gasteiger partial charge in [0.05, 0.1) is 6.61 Å². The first-order valence-electron chi connectivity index (χ1n) is 10.5. The molecule has 3 rings (SSSR count). The Morgan fingerprint density at radius 3 is 2.16 bits per heavy atom. The summed E-state index contributed by atoms with van der Waals surface area (Å²) in [5.41, 5.74) is 2.51. The van der Waals surface area contributed by atoms with Crippen LogP contribution in [0, 0.1) is 0 Å². The van der Waals surface area contributed by atoms with Crippen molar-refractivity contribution < 1.29 is 18.8 Å². The molecule has 2 aromatic carbocycles. The fourth-order valence-electron chi connectivity index (χ4n) is 2.95. The van der Waals surface area contributed by atoms with E-state index in [2.05, 4.69) is 41.5 Å². The molecule has 1 heterocycles. The van der Waals surface area contributed by atoms with Crippen molar-refractivity contribution in [3.63, 3.8) is 0 Å². The van der Waals surface area contributed by atoms with Gasteiger partial charge in [0.25, 0.3) is 5.91 Å². The summed E-state index contributed by atoms with van der Waals surface area (Å²) in [6, 6.07) is 14.7. The molecule has 8 nitrogen and oxygen atoms in total. The Morgan fingerprint density at radius 1 is 0.938 bits per heavy atom. The van der Waals surface area contributed by atoms with Crippen molar-refractivity contribution in [3.8, 4) is 17.1 Å². The maximum atomic E-state index is 12.3. The smallest absolute Gasteiger partial charge is 0.316 e. The van der Waals surface area contributed by atoms with Gasteiger partial charge >= 0.3 is 11.8 Å². The molecule has 2 amide bonds. The lowest BCUT2D eigenvalue weighted by Crippen LogP contribution is -2.34. The third-order valence-corrected chi connectivity index (χ3v) is 4.75. The highest BCUT2D eigenvalue weighted by molar-refractivity contribution is 5.94. The molecule has 0 saturated heterocycles. The zero-order valence-corrected chi connectivity index (χ0v) is 18.8. The lowest BCUT2D eigenvalue weighted by molar-refractivity contribution is 0.0898. The third kappa shape index (κ3) is 5.94. The minimum atomic E-state index is -0.495. The molecule has 0 atom stereocenters. The van der Waals surface area contributed by atoms with Crippen molar-refractivity contribution in [3.05, 3.63) is 65.5 Å². The molecular weight excluding hydrogens is 408 g/mol. The van der Waals surface area contributed by atoms with E-state index in [0.717, 1.165) is 5.56 Å². The molecule has 0 aliphatic heterocycles. The van der Waals surface area contributed by atoms with E-state index in [9.17, 15) is 9.59 Å². The summed E-state index contributed by atoms with van der Waals surface area (Å²) in [5, 5.41) is 9.29. The van der Waals surface area contributed by atoms with E-state index in [0.29, 0.717) is 23.7 Å². The maximum Gasteiger partial charge on any atom is 0.316 e. The second-order valence-corrected chi connectivity index (χ2v) is 8.22. The fourth-order valence-corrected chi connectivity index (χ4v) is 2.95. The topological polar surface area (TPSA) is 106 Å². The average Bonchev–Trinajstić information content (AvgIpc) is 3.27. The Bertz CT molecular complexity index is 1050. The van der Waals surface area contributed by atoms with Crippen molar-refractivity contribution in [2.24, 2.45) is 0 Å². The summed E-state index contributed by atoms with van der Waals surface area (Å²) >= 11 is 0. The van der Waals surface area contributed by atoms with E-state index >= 15 is 0 Å². The van der Waals surface area contributed by atoms with Gasteiger partial charge in [-0.05, 0) is 42.2 Å². The summed E-state index contributed by atoms with van der Waals surface area (Å²) in [7, 11) is 0. The number of rotatable bonds is 8. The van der Waals surface area contributed by atoms with Gasteiger partial charge in [-0.2, -0.15) is 4.98 Å². The molecular formula is C24H28N4O4. The molecule has 0 unspecified atom stereocenters. The maximum absolute atomic E-state index is 12.3. The van der Waals surface area contributed by atoms with Gasteiger partial charge in [0.15, 0.2) is 0 Å². The second-order valence-electron chi connectivity index (χ2n) is 8.22. The number of ether oxygens (including phenoxy) is 1. The molecule has 0 radical (unpaired) electrons. The van der Waals surface area contributed by atoms with Crippen LogP contribution in [0.15, 0.2) is 53.1 Å². The largest absolute Gasteiger partial charge is 0.494 e. The number of amides is 2. The molecule has 0 aliphatic rings. The van der Waals surface area contributed by atoms with E-state index in [1.54, 1.807) is 24.3 Å². The first kappa shape index (κ1) is 23.0. The fraction of sp³-hybridized carbons (Fsp3) is 0.333. The van der Waals surface area contributed by atoms with E-state index in [4.69, 9.17) is 9.26 Å². The van der Waals surface area contributed by atoms with Crippen molar-refractivity contribution in [2.75, 3.05) is 19.7 Å². The minimum absolute atomic E-state index is 0.0448. The second kappa shape index (κ2) is 10.1. The number of carbonyl (C=O) groups excluding carboxylic acids is 2. The first-order valence-corrected chi connectivity index (χ1v) is 10.5. The third-order valence-electron chi connectivity index (χ3n) is 4.75. The normalized spacial score (nSPS) is 11.1. The Kier molecular flexibility index (Phi) is 7.25. The summed E-state index contributed by atoms with van der Waals surface area (Å²) in [5.74, 6) is 0.198. The first-order chi connectivity index (χ1) is 15.3. The predicted molar refractivity (Wildman–Crippen MR) is 121 cm³/mol. The minimum Gasteiger partial charge on any atom is -0.494 e. The van der Waals surface area contributed by atoms with Crippen molar-refractivity contribution in [1.82, 2.24) is 20.8 Å². The van der Waals surface area contributed by atoms with E-state index in [1.165, 1.54) is 5.56 Å². The van der Waals surface area contributed by atoms with Gasteiger partial charge in [0, 0.05) is 24.2 Å². The molecule has 3 aromatic rings. The summed E-state index contributed by atoms with van der Waals surface area (Å²) < 4.78 is 10.4. The number of benzene rings is 2. The van der Waals surface area contributed by atoms with Crippen LogP contribution in [-0.4, -0.2) is 41.7 Å². The van der Waals surface area contributed by atoms with E-state index in [1.807, 2.05) is 31.2 Å². The highest BCUT2D eigenvalue weighted by Crippen LogP contribution is 2.25. The van der Waals surface area contributed by atoms with Crippen LogP contribution in [0.2, 0.25) is 0 Å². The lowest BCUT2D eigenvalue weighted by Gasteiger charge is -2.18. The molecule has 0 saturated carbocycles. The summed E-state index contributed by atoms with van der Waals surface area (Å²) in [4.78, 5) is 28.6. The quantitative estimate of drug-likeness (QED) is 0.523. The number of nitrogens with one attached hydrogen (secondary N) is 2. The SMILES string of the molecule is CCOc1ccc(C(=O)NCCNC(=O)c2nc(-c3ccc(C(C)(C)C)cc3)no2)cc1. The highest BCUT2D eigenvalue weighted by Gasteiger charge is 2.17. The van der Waals surface area contributed by atoms with Gasteiger partial charge in [0.1, 0.15) is 5.75 Å². The standard InChI is InChI=1S/C24H28N4O4/c1-5-31-19-12-8-17(9-13-19)21(29)25-14-15-26-22(30)23-27-20(28-32-23)16-6-10-18(11-7-16)24(2,3)4/h6-13H,5,14-15H2,1-4H3,(H,25,29)(H,26,30). The zero-order chi connectivity index (χ0) is 23.1. The number of hydrogen-bond acceptors (Lipinski definition) is 6. The van der Waals surface area contributed by atoms with Crippen LogP contribution in [0.1, 0.15) is 54.3 Å². The van der Waals surface area contributed by atoms with Crippen molar-refractivity contribution >= 4 is 11.8 Å². The van der Waals surface area contributed by atoms with Gasteiger partial charge in [-0.3, -0.25) is 9.59 Å². The molecule has 1 aromatic heterocycles. The van der Waals surface area contributed by atoms with Crippen LogP contribution >= 0.6 is 0 Å². The van der Waals surface area contributed by atoms with Gasteiger partial charge in [-0.15, -0.1) is 0 Å². The summed E-state index contributed by atoms with van der Waals surface area (Å²) in [6.45, 7) is 9.36. The van der Waals surface area contributed by atoms with E-state index in [-0.39, 0.29) is 30.3 Å². The molecule has 32 heavy (non-hydrogen) atoms. The Hall–Kier alpha value is -3.68. The zero-order valence-electron chi connectivity index (χ0n) is 18.8. The molecule has 2 N–H and O–H groups in total. The summed E-state index contributed by atoms with van der Waals surface area (Å²) in [6.07, 6.45) is 0. The van der Waals surface area contributed by atoms with Crippen molar-refractivity contribution in [1.29, 1.82) is 0 Å². The number of hydrogen-bond donors (Lipinski definition) is 2. The number of carbonyl (C=O) groups is 2. The number of nitrogens with zero attached hydrogens (tertiary/aromatic N) is 2. The van der Waals surface area contributed by atoms with Gasteiger partial charge in [-0.25, -0.2) is 0 Å². The Labute approximate surface area is 187 Å². The molecule has 0 aliphatic carbocycles. The molecule has 168 valence electrons. The monoisotopic (exact) mass is 436 g/mol. The molecule has 0 fully saturated rings. The van der Waals surface area contributed by atoms with Crippen LogP contribution in [0.25, 0.3) is 11.4 Å². The molecule has 0 spiro atoms. The lowest BCUT2D eigenvalue weighted by atomic mass is 9.87.